The third-order valence-corrected chi connectivity index (χ3v) is 3.24. The van der Waals surface area contributed by atoms with Crippen LogP contribution in [-0.2, 0) is 4.79 Å². The van der Waals surface area contributed by atoms with Gasteiger partial charge >= 0.3 is 11.9 Å². The minimum atomic E-state index is -1.30. The molecule has 0 aliphatic rings. The number of carboxylic acid groups (broad SMARTS) is 2. The molecule has 0 aliphatic heterocycles. The molecule has 0 saturated carbocycles. The van der Waals surface area contributed by atoms with Gasteiger partial charge in [0.15, 0.2) is 5.71 Å². The van der Waals surface area contributed by atoms with Crippen LogP contribution >= 0.6 is 11.6 Å². The number of carbonyl (C=O) groups is 2. The molecule has 0 amide bonds. The zero-order valence-corrected chi connectivity index (χ0v) is 12.3. The minimum Gasteiger partial charge on any atom is -0.478 e. The molecule has 0 spiro atoms. The monoisotopic (exact) mass is 317 g/mol. The van der Waals surface area contributed by atoms with E-state index in [0.29, 0.717) is 16.3 Å². The molecule has 0 heterocycles. The van der Waals surface area contributed by atoms with Gasteiger partial charge in [0.1, 0.15) is 0 Å². The molecular weight excluding hydrogens is 306 g/mol. The van der Waals surface area contributed by atoms with Crippen molar-refractivity contribution in [2.75, 3.05) is 0 Å². The summed E-state index contributed by atoms with van der Waals surface area (Å²) in [7, 11) is 0. The molecule has 2 aromatic carbocycles. The van der Waals surface area contributed by atoms with Crippen LogP contribution in [0, 0.1) is 6.92 Å². The largest absolute Gasteiger partial charge is 0.478 e. The molecule has 2 rings (SSSR count). The maximum Gasteiger partial charge on any atom is 0.355 e. The van der Waals surface area contributed by atoms with Gasteiger partial charge in [-0.1, -0.05) is 29.8 Å². The Labute approximate surface area is 131 Å². The molecule has 0 aliphatic carbocycles. The van der Waals surface area contributed by atoms with E-state index in [9.17, 15) is 19.8 Å². The van der Waals surface area contributed by atoms with Gasteiger partial charge in [-0.05, 0) is 36.8 Å². The van der Waals surface area contributed by atoms with Crippen molar-refractivity contribution < 1.29 is 19.8 Å². The summed E-state index contributed by atoms with van der Waals surface area (Å²) in [5.74, 6) is -2.51. The maximum atomic E-state index is 11.5. The van der Waals surface area contributed by atoms with Gasteiger partial charge < -0.3 is 10.2 Å². The van der Waals surface area contributed by atoms with Gasteiger partial charge in [0, 0.05) is 10.6 Å². The summed E-state index contributed by atoms with van der Waals surface area (Å²) in [4.78, 5) is 26.9. The van der Waals surface area contributed by atoms with Crippen molar-refractivity contribution in [2.24, 2.45) is 4.99 Å². The molecule has 0 atom stereocenters. The second kappa shape index (κ2) is 6.41. The molecule has 6 heteroatoms. The Morgan fingerprint density at radius 2 is 1.68 bits per heavy atom. The Morgan fingerprint density at radius 3 is 2.23 bits per heavy atom. The molecule has 112 valence electrons. The average molecular weight is 318 g/mol. The summed E-state index contributed by atoms with van der Waals surface area (Å²) in [6, 6.07) is 10.7. The Hall–Kier alpha value is -2.66. The summed E-state index contributed by atoms with van der Waals surface area (Å²) in [5, 5.41) is 19.1. The first-order valence-electron chi connectivity index (χ1n) is 6.31. The van der Waals surface area contributed by atoms with Crippen molar-refractivity contribution in [3.8, 4) is 0 Å². The van der Waals surface area contributed by atoms with Crippen LogP contribution in [0.2, 0.25) is 5.02 Å². The van der Waals surface area contributed by atoms with Crippen molar-refractivity contribution in [2.45, 2.75) is 6.92 Å². The van der Waals surface area contributed by atoms with Gasteiger partial charge in [-0.25, -0.2) is 14.6 Å². The Balaban J connectivity index is 2.63. The SMILES string of the molecule is Cc1cc(Cl)ccc1N=C(C(=O)O)c1ccccc1C(=O)O. The summed E-state index contributed by atoms with van der Waals surface area (Å²) >= 11 is 5.86. The maximum absolute atomic E-state index is 11.5. The van der Waals surface area contributed by atoms with Crippen LogP contribution in [-0.4, -0.2) is 27.9 Å². The average Bonchev–Trinajstić information content (AvgIpc) is 2.46. The number of aromatic carboxylic acids is 1. The highest BCUT2D eigenvalue weighted by Gasteiger charge is 2.20. The van der Waals surface area contributed by atoms with E-state index >= 15 is 0 Å². The number of aliphatic imine (C=N–C) groups is 1. The predicted octanol–water partition coefficient (Wildman–Crippen LogP) is 3.55. The van der Waals surface area contributed by atoms with Gasteiger partial charge in [0.2, 0.25) is 0 Å². The summed E-state index contributed by atoms with van der Waals surface area (Å²) in [6.45, 7) is 1.74. The molecule has 2 N–H and O–H groups in total. The predicted molar refractivity (Wildman–Crippen MR) is 83.4 cm³/mol. The first-order chi connectivity index (χ1) is 10.4. The fraction of sp³-hybridized carbons (Fsp3) is 0.0625. The first kappa shape index (κ1) is 15.7. The number of benzene rings is 2. The summed E-state index contributed by atoms with van der Waals surface area (Å²) < 4.78 is 0. The van der Waals surface area contributed by atoms with E-state index in [2.05, 4.69) is 4.99 Å². The van der Waals surface area contributed by atoms with Crippen molar-refractivity contribution in [1.29, 1.82) is 0 Å². The van der Waals surface area contributed by atoms with Crippen LogP contribution < -0.4 is 0 Å². The smallest absolute Gasteiger partial charge is 0.355 e. The fourth-order valence-corrected chi connectivity index (χ4v) is 2.19. The number of hydrogen-bond acceptors (Lipinski definition) is 3. The Morgan fingerprint density at radius 1 is 1.05 bits per heavy atom. The quantitative estimate of drug-likeness (QED) is 0.844. The van der Waals surface area contributed by atoms with E-state index in [0.717, 1.165) is 0 Å². The van der Waals surface area contributed by atoms with Crippen molar-refractivity contribution in [3.05, 3.63) is 64.2 Å². The van der Waals surface area contributed by atoms with Crippen LogP contribution in [0.25, 0.3) is 0 Å². The van der Waals surface area contributed by atoms with Crippen LogP contribution in [0.3, 0.4) is 0 Å². The van der Waals surface area contributed by atoms with E-state index in [1.165, 1.54) is 18.2 Å². The number of halogens is 1. The first-order valence-corrected chi connectivity index (χ1v) is 6.69. The summed E-state index contributed by atoms with van der Waals surface area (Å²) in [5.41, 5.74) is 0.719. The van der Waals surface area contributed by atoms with Crippen LogP contribution in [0.1, 0.15) is 21.5 Å². The lowest BCUT2D eigenvalue weighted by atomic mass is 10.0. The number of carboxylic acids is 2. The molecule has 0 aromatic heterocycles. The van der Waals surface area contributed by atoms with E-state index in [1.807, 2.05) is 0 Å². The minimum absolute atomic E-state index is 0.0526. The van der Waals surface area contributed by atoms with Gasteiger partial charge in [-0.15, -0.1) is 0 Å². The number of rotatable bonds is 4. The van der Waals surface area contributed by atoms with Gasteiger partial charge in [0.25, 0.3) is 0 Å². The third kappa shape index (κ3) is 3.32. The van der Waals surface area contributed by atoms with Crippen molar-refractivity contribution in [1.82, 2.24) is 0 Å². The zero-order valence-electron chi connectivity index (χ0n) is 11.6. The lowest BCUT2D eigenvalue weighted by Crippen LogP contribution is -2.18. The number of aliphatic carboxylic acids is 1. The Bertz CT molecular complexity index is 783. The molecule has 0 bridgehead atoms. The second-order valence-corrected chi connectivity index (χ2v) is 4.98. The van der Waals surface area contributed by atoms with E-state index < -0.39 is 11.9 Å². The van der Waals surface area contributed by atoms with Gasteiger partial charge in [0.05, 0.1) is 11.3 Å². The van der Waals surface area contributed by atoms with Crippen molar-refractivity contribution in [3.63, 3.8) is 0 Å². The second-order valence-electron chi connectivity index (χ2n) is 4.55. The molecule has 0 radical (unpaired) electrons. The van der Waals surface area contributed by atoms with Gasteiger partial charge in [-0.2, -0.15) is 0 Å². The summed E-state index contributed by atoms with van der Waals surface area (Å²) in [6.07, 6.45) is 0. The molecule has 5 nitrogen and oxygen atoms in total. The Kier molecular flexibility index (Phi) is 4.58. The standard InChI is InChI=1S/C16H12ClNO4/c1-9-8-10(17)6-7-13(9)18-14(16(21)22)11-4-2-3-5-12(11)15(19)20/h2-8H,1H3,(H,19,20)(H,21,22). The topological polar surface area (TPSA) is 87.0 Å². The third-order valence-electron chi connectivity index (χ3n) is 3.01. The lowest BCUT2D eigenvalue weighted by molar-refractivity contribution is -0.129. The number of hydrogen-bond donors (Lipinski definition) is 2. The fourth-order valence-electron chi connectivity index (χ4n) is 1.96. The van der Waals surface area contributed by atoms with Crippen LogP contribution in [0.5, 0.6) is 0 Å². The van der Waals surface area contributed by atoms with Crippen LogP contribution in [0.4, 0.5) is 5.69 Å². The van der Waals surface area contributed by atoms with Crippen LogP contribution in [0.15, 0.2) is 47.5 Å². The van der Waals surface area contributed by atoms with E-state index in [-0.39, 0.29) is 16.8 Å². The highest BCUT2D eigenvalue weighted by molar-refractivity contribution is 6.44. The number of nitrogens with zero attached hydrogens (tertiary/aromatic N) is 1. The normalized spacial score (nSPS) is 11.3. The lowest BCUT2D eigenvalue weighted by Gasteiger charge is -2.07. The number of aryl methyl sites for hydroxylation is 1. The molecule has 2 aromatic rings. The highest BCUT2D eigenvalue weighted by atomic mass is 35.5. The van der Waals surface area contributed by atoms with Gasteiger partial charge in [-0.3, -0.25) is 0 Å². The van der Waals surface area contributed by atoms with E-state index in [4.69, 9.17) is 11.6 Å². The molecular formula is C16H12ClNO4. The molecule has 22 heavy (non-hydrogen) atoms. The molecule has 0 saturated heterocycles. The zero-order chi connectivity index (χ0) is 16.3. The molecule has 0 unspecified atom stereocenters. The van der Waals surface area contributed by atoms with Crippen molar-refractivity contribution >= 4 is 34.9 Å². The van der Waals surface area contributed by atoms with E-state index in [1.54, 1.807) is 31.2 Å². The highest BCUT2D eigenvalue weighted by Crippen LogP contribution is 2.24. The molecule has 0 fully saturated rings.